The maximum Gasteiger partial charge on any atom is 0.407 e. The molecule has 2 aliphatic rings. The number of imidazole rings is 2. The van der Waals surface area contributed by atoms with Crippen LogP contribution < -0.4 is 11.1 Å². The molecule has 5 atom stereocenters. The summed E-state index contributed by atoms with van der Waals surface area (Å²) < 4.78 is 10.2. The Kier molecular flexibility index (Phi) is 11.9. The van der Waals surface area contributed by atoms with Gasteiger partial charge in [-0.2, -0.15) is 0 Å². The Morgan fingerprint density at radius 3 is 1.89 bits per heavy atom. The van der Waals surface area contributed by atoms with Crippen LogP contribution in [0.3, 0.4) is 0 Å². The normalized spacial score (nSPS) is 17.9. The molecule has 0 saturated carbocycles. The van der Waals surface area contributed by atoms with Crippen LogP contribution in [0.15, 0.2) is 91.4 Å². The van der Waals surface area contributed by atoms with E-state index in [2.05, 4.69) is 49.5 Å². The van der Waals surface area contributed by atoms with Crippen LogP contribution in [0.2, 0.25) is 0 Å². The van der Waals surface area contributed by atoms with Gasteiger partial charge < -0.3 is 45.3 Å². The van der Waals surface area contributed by atoms with Gasteiger partial charge in [0.2, 0.25) is 5.91 Å². The van der Waals surface area contributed by atoms with Gasteiger partial charge in [-0.3, -0.25) is 9.59 Å². The van der Waals surface area contributed by atoms with Gasteiger partial charge in [0.1, 0.15) is 17.7 Å². The Morgan fingerprint density at radius 1 is 0.803 bits per heavy atom. The van der Waals surface area contributed by atoms with Crippen LogP contribution >= 0.6 is 0 Å². The van der Waals surface area contributed by atoms with E-state index >= 15 is 0 Å². The van der Waals surface area contributed by atoms with Crippen molar-refractivity contribution in [1.29, 1.82) is 0 Å². The predicted molar refractivity (Wildman–Crippen MR) is 230 cm³/mol. The van der Waals surface area contributed by atoms with Crippen LogP contribution in [0, 0.1) is 5.92 Å². The summed E-state index contributed by atoms with van der Waals surface area (Å²) in [5.41, 5.74) is 12.9. The van der Waals surface area contributed by atoms with Crippen molar-refractivity contribution in [2.24, 2.45) is 11.7 Å². The number of nitrogens with two attached hydrogens (primary N) is 1. The molecule has 3 aromatic carbocycles. The number of ether oxygens (including phenoxy) is 2. The topological polar surface area (TPSA) is 204 Å². The molecule has 3 aromatic heterocycles. The Bertz CT molecular complexity index is 2510. The van der Waals surface area contributed by atoms with E-state index in [0.717, 1.165) is 75.8 Å². The fraction of sp³-hybridized carbons (Fsp3) is 0.348. The number of primary amides is 1. The zero-order valence-corrected chi connectivity index (χ0v) is 34.5. The first-order chi connectivity index (χ1) is 29.6. The highest BCUT2D eigenvalue weighted by Gasteiger charge is 2.39. The summed E-state index contributed by atoms with van der Waals surface area (Å²) in [5.74, 6) is 0.789. The van der Waals surface area contributed by atoms with Crippen LogP contribution in [-0.2, 0) is 25.5 Å². The van der Waals surface area contributed by atoms with Gasteiger partial charge in [-0.25, -0.2) is 19.6 Å². The van der Waals surface area contributed by atoms with Crippen LogP contribution in [-0.4, -0.2) is 91.1 Å². The molecule has 61 heavy (non-hydrogen) atoms. The summed E-state index contributed by atoms with van der Waals surface area (Å²) in [6.07, 6.45) is 7.02. The number of methoxy groups -OCH3 is 1. The van der Waals surface area contributed by atoms with Crippen molar-refractivity contribution in [1.82, 2.24) is 40.0 Å². The molecule has 2 saturated heterocycles. The number of likely N-dealkylation sites (tertiary alicyclic amines) is 2. The third-order valence-corrected chi connectivity index (χ3v) is 12.1. The predicted octanol–water partition coefficient (Wildman–Crippen LogP) is 7.42. The second-order valence-corrected chi connectivity index (χ2v) is 15.9. The molecule has 15 nitrogen and oxygen atoms in total. The molecule has 0 bridgehead atoms. The lowest BCUT2D eigenvalue weighted by atomic mass is 10.00. The maximum atomic E-state index is 14.1. The average molecular weight is 826 g/mol. The summed E-state index contributed by atoms with van der Waals surface area (Å²) in [6, 6.07) is 23.0. The lowest BCUT2D eigenvalue weighted by Gasteiger charge is -2.29. The molecule has 5 heterocycles. The Morgan fingerprint density at radius 2 is 1.34 bits per heavy atom. The number of benzene rings is 3. The smallest absolute Gasteiger partial charge is 0.407 e. The van der Waals surface area contributed by atoms with Gasteiger partial charge in [-0.05, 0) is 66.0 Å². The highest BCUT2D eigenvalue weighted by molar-refractivity contribution is 5.89. The molecule has 2 aliphatic heterocycles. The summed E-state index contributed by atoms with van der Waals surface area (Å²) in [6.45, 7) is 4.93. The fourth-order valence-corrected chi connectivity index (χ4v) is 8.65. The molecule has 0 aliphatic carbocycles. The van der Waals surface area contributed by atoms with Crippen molar-refractivity contribution in [2.75, 3.05) is 20.2 Å². The minimum Gasteiger partial charge on any atom is -0.453 e. The van der Waals surface area contributed by atoms with Gasteiger partial charge in [0.25, 0.3) is 5.91 Å². The van der Waals surface area contributed by atoms with Crippen LogP contribution in [0.1, 0.15) is 75.2 Å². The molecule has 8 rings (SSSR count). The molecule has 6 aromatic rings. The second kappa shape index (κ2) is 17.8. The molecule has 2 fully saturated rings. The summed E-state index contributed by atoms with van der Waals surface area (Å²) in [5, 5.41) is 3.78. The zero-order valence-electron chi connectivity index (χ0n) is 34.5. The lowest BCUT2D eigenvalue weighted by Crippen LogP contribution is -2.49. The monoisotopic (exact) mass is 825 g/mol. The van der Waals surface area contributed by atoms with Crippen molar-refractivity contribution >= 4 is 34.9 Å². The number of nitrogens with zero attached hydrogens (tertiary/aromatic N) is 4. The number of para-hydroxylation sites is 1. The van der Waals surface area contributed by atoms with E-state index in [9.17, 15) is 19.2 Å². The number of carbonyl (C=O) groups excluding carboxylic acids is 4. The number of alkyl carbamates (subject to hydrolysis) is 1. The minimum atomic E-state index is -0.955. The summed E-state index contributed by atoms with van der Waals surface area (Å²) in [7, 11) is 1.29. The second-order valence-electron chi connectivity index (χ2n) is 15.9. The van der Waals surface area contributed by atoms with Gasteiger partial charge in [-0.15, -0.1) is 0 Å². The Hall–Kier alpha value is -6.90. The van der Waals surface area contributed by atoms with E-state index in [0.29, 0.717) is 37.6 Å². The first kappa shape index (κ1) is 40.9. The number of hydrogen-bond acceptors (Lipinski definition) is 8. The first-order valence-corrected chi connectivity index (χ1v) is 20.9. The number of H-pyrrole nitrogens is 3. The third-order valence-electron chi connectivity index (χ3n) is 12.1. The van der Waals surface area contributed by atoms with E-state index in [1.807, 2.05) is 73.5 Å². The van der Waals surface area contributed by atoms with Gasteiger partial charge in [0.15, 0.2) is 6.10 Å². The molecule has 4 amide bonds. The highest BCUT2D eigenvalue weighted by atomic mass is 16.6. The molecule has 15 heteroatoms. The van der Waals surface area contributed by atoms with Crippen LogP contribution in [0.5, 0.6) is 0 Å². The summed E-state index contributed by atoms with van der Waals surface area (Å²) in [4.78, 5) is 74.8. The third kappa shape index (κ3) is 8.58. The molecule has 6 N–H and O–H groups in total. The molecule has 316 valence electrons. The molecular formula is C46H51N9O6. The van der Waals surface area contributed by atoms with Crippen molar-refractivity contribution in [3.63, 3.8) is 0 Å². The van der Waals surface area contributed by atoms with Crippen molar-refractivity contribution in [3.8, 4) is 33.6 Å². The first-order valence-electron chi connectivity index (χ1n) is 20.9. The highest BCUT2D eigenvalue weighted by Crippen LogP contribution is 2.35. The number of aromatic amines is 3. The largest absolute Gasteiger partial charge is 0.453 e. The lowest BCUT2D eigenvalue weighted by molar-refractivity contribution is -0.144. The maximum absolute atomic E-state index is 14.1. The van der Waals surface area contributed by atoms with Gasteiger partial charge in [0.05, 0.1) is 43.0 Å². The molecule has 0 spiro atoms. The SMILES string of the molecule is CCC(C)[C@H](OC(N)=O)C(=O)N1CCC[C@H]1c1ncc(-c2ccc(-c3ccc(-c4cnc(C5CCCN5C(=O)[C@H](Cc5c[nH]c6ccccc56)NC(=O)OC)[nH]4)cc3)cc2)[nH]1. The van der Waals surface area contributed by atoms with Crippen LogP contribution in [0.4, 0.5) is 9.59 Å². The van der Waals surface area contributed by atoms with Gasteiger partial charge >= 0.3 is 12.2 Å². The average Bonchev–Trinajstić information content (AvgIpc) is 4.15. The van der Waals surface area contributed by atoms with E-state index in [4.69, 9.17) is 20.2 Å². The number of fused-ring (bicyclic) bond motifs is 1. The Labute approximate surface area is 353 Å². The number of amides is 4. The number of nitrogens with one attached hydrogen (secondary N) is 4. The fourth-order valence-electron chi connectivity index (χ4n) is 8.65. The molecule has 2 unspecified atom stereocenters. The Balaban J connectivity index is 0.924. The van der Waals surface area contributed by atoms with Gasteiger partial charge in [0, 0.05) is 42.5 Å². The number of aromatic nitrogens is 5. The summed E-state index contributed by atoms with van der Waals surface area (Å²) >= 11 is 0. The number of rotatable bonds is 13. The van der Waals surface area contributed by atoms with Crippen molar-refractivity contribution in [2.45, 2.75) is 76.6 Å². The van der Waals surface area contributed by atoms with E-state index in [-0.39, 0.29) is 29.8 Å². The van der Waals surface area contributed by atoms with Crippen molar-refractivity contribution < 1.29 is 28.7 Å². The zero-order chi connectivity index (χ0) is 42.6. The quantitative estimate of drug-likeness (QED) is 0.0791. The van der Waals surface area contributed by atoms with Crippen molar-refractivity contribution in [3.05, 3.63) is 109 Å². The van der Waals surface area contributed by atoms with E-state index < -0.39 is 24.3 Å². The molecular weight excluding hydrogens is 775 g/mol. The minimum absolute atomic E-state index is 0.171. The number of carbonyl (C=O) groups is 4. The van der Waals surface area contributed by atoms with E-state index in [1.165, 1.54) is 7.11 Å². The van der Waals surface area contributed by atoms with Crippen LogP contribution in [0.25, 0.3) is 44.5 Å². The number of hydrogen-bond donors (Lipinski definition) is 5. The standard InChI is InChI=1S/C46H51N9O6/c1-4-27(2)40(61-45(47)58)44(57)55-22-8-12-39(55)42-50-26-37(52-42)31-19-15-29(16-20-31)28-13-17-30(18-14-28)36-25-49-41(51-36)38-11-7-21-54(38)43(56)35(53-46(59)60-3)23-32-24-48-34-10-6-5-9-33(32)34/h5-6,9-10,13-20,24-27,35,38-40,48H,4,7-8,11-12,21-23H2,1-3H3,(H2,47,58)(H,49,51)(H,50,52)(H,53,59)/t27?,35-,38?,39-,40-/m0/s1. The van der Waals surface area contributed by atoms with E-state index in [1.54, 1.807) is 17.3 Å². The van der Waals surface area contributed by atoms with Gasteiger partial charge in [-0.1, -0.05) is 80.6 Å². The molecule has 0 radical (unpaired) electrons.